The lowest BCUT2D eigenvalue weighted by Crippen LogP contribution is -2.40. The summed E-state index contributed by atoms with van der Waals surface area (Å²) in [6.07, 6.45) is -2.80. The van der Waals surface area contributed by atoms with E-state index in [-0.39, 0.29) is 17.9 Å². The summed E-state index contributed by atoms with van der Waals surface area (Å²) < 4.78 is 47.2. The van der Waals surface area contributed by atoms with Crippen molar-refractivity contribution in [3.05, 3.63) is 12.4 Å². The van der Waals surface area contributed by atoms with Crippen LogP contribution < -0.4 is 15.0 Å². The first-order valence-corrected chi connectivity index (χ1v) is 7.99. The number of aromatic nitrogens is 2. The number of hydrogen-bond acceptors (Lipinski definition) is 7. The van der Waals surface area contributed by atoms with E-state index in [1.807, 2.05) is 18.7 Å². The average Bonchev–Trinajstić information content (AvgIpc) is 3.08. The summed E-state index contributed by atoms with van der Waals surface area (Å²) >= 11 is 0. The second-order valence-corrected chi connectivity index (χ2v) is 6.45. The number of carbonyl (C=O) groups excluding carboxylic acids is 1. The zero-order valence-electron chi connectivity index (χ0n) is 13.8. The SMILES string of the molecule is CC(C)Oc1cnc(N2C[C@@H]3CNC(OC(=O)C(F)(F)F)[C@@H]3C2)nc1. The molecule has 2 saturated heterocycles. The Hall–Kier alpha value is -2.10. The van der Waals surface area contributed by atoms with Gasteiger partial charge in [-0.05, 0) is 19.8 Å². The minimum Gasteiger partial charge on any atom is -0.488 e. The van der Waals surface area contributed by atoms with Gasteiger partial charge in [-0.1, -0.05) is 0 Å². The highest BCUT2D eigenvalue weighted by Crippen LogP contribution is 2.34. The predicted octanol–water partition coefficient (Wildman–Crippen LogP) is 1.35. The highest BCUT2D eigenvalue weighted by Gasteiger charge is 2.49. The molecule has 2 aliphatic heterocycles. The predicted molar refractivity (Wildman–Crippen MR) is 80.9 cm³/mol. The van der Waals surface area contributed by atoms with E-state index in [4.69, 9.17) is 4.74 Å². The van der Waals surface area contributed by atoms with Crippen LogP contribution in [0.1, 0.15) is 13.8 Å². The van der Waals surface area contributed by atoms with E-state index in [1.54, 1.807) is 12.4 Å². The third kappa shape index (κ3) is 3.94. The molecule has 0 amide bonds. The molecule has 25 heavy (non-hydrogen) atoms. The normalized spacial score (nSPS) is 26.0. The van der Waals surface area contributed by atoms with Crippen LogP contribution in [-0.4, -0.2) is 54.1 Å². The molecule has 3 atom stereocenters. The van der Waals surface area contributed by atoms with Crippen LogP contribution in [0.2, 0.25) is 0 Å². The number of fused-ring (bicyclic) bond motifs is 1. The van der Waals surface area contributed by atoms with Crippen molar-refractivity contribution in [3.8, 4) is 5.75 Å². The first-order valence-electron chi connectivity index (χ1n) is 7.99. The summed E-state index contributed by atoms with van der Waals surface area (Å²) in [6, 6.07) is 0. The van der Waals surface area contributed by atoms with Gasteiger partial charge in [0.1, 0.15) is 0 Å². The zero-order chi connectivity index (χ0) is 18.2. The quantitative estimate of drug-likeness (QED) is 0.812. The fourth-order valence-corrected chi connectivity index (χ4v) is 3.15. The van der Waals surface area contributed by atoms with Crippen molar-refractivity contribution >= 4 is 11.9 Å². The van der Waals surface area contributed by atoms with Crippen LogP contribution in [0.4, 0.5) is 19.1 Å². The van der Waals surface area contributed by atoms with Crippen LogP contribution in [0.3, 0.4) is 0 Å². The van der Waals surface area contributed by atoms with E-state index in [1.165, 1.54) is 0 Å². The van der Waals surface area contributed by atoms with Gasteiger partial charge in [-0.25, -0.2) is 14.8 Å². The molecule has 0 aromatic carbocycles. The number of ether oxygens (including phenoxy) is 2. The smallest absolute Gasteiger partial charge is 0.488 e. The second-order valence-electron chi connectivity index (χ2n) is 6.45. The number of alkyl halides is 3. The molecule has 0 radical (unpaired) electrons. The van der Waals surface area contributed by atoms with E-state index in [9.17, 15) is 18.0 Å². The molecule has 0 bridgehead atoms. The van der Waals surface area contributed by atoms with Crippen molar-refractivity contribution in [2.24, 2.45) is 11.8 Å². The van der Waals surface area contributed by atoms with Crippen molar-refractivity contribution in [1.29, 1.82) is 0 Å². The Morgan fingerprint density at radius 3 is 2.60 bits per heavy atom. The van der Waals surface area contributed by atoms with Gasteiger partial charge in [0.05, 0.1) is 18.5 Å². The van der Waals surface area contributed by atoms with Crippen molar-refractivity contribution < 1.29 is 27.4 Å². The van der Waals surface area contributed by atoms with Crippen LogP contribution in [0, 0.1) is 11.8 Å². The van der Waals surface area contributed by atoms with Crippen molar-refractivity contribution in [1.82, 2.24) is 15.3 Å². The maximum absolute atomic E-state index is 12.4. The number of esters is 1. The lowest BCUT2D eigenvalue weighted by atomic mass is 9.99. The topological polar surface area (TPSA) is 76.6 Å². The first-order chi connectivity index (χ1) is 11.7. The number of nitrogens with zero attached hydrogens (tertiary/aromatic N) is 3. The molecule has 0 saturated carbocycles. The highest BCUT2D eigenvalue weighted by atomic mass is 19.4. The third-order valence-corrected chi connectivity index (χ3v) is 4.20. The van der Waals surface area contributed by atoms with E-state index in [2.05, 4.69) is 20.0 Å². The number of anilines is 1. The molecule has 3 rings (SSSR count). The maximum Gasteiger partial charge on any atom is 0.490 e. The van der Waals surface area contributed by atoms with Gasteiger partial charge in [0.25, 0.3) is 0 Å². The Kier molecular flexibility index (Phi) is 4.72. The number of carbonyl (C=O) groups is 1. The molecule has 0 spiro atoms. The number of halogens is 3. The molecule has 1 N–H and O–H groups in total. The van der Waals surface area contributed by atoms with Crippen LogP contribution in [0.5, 0.6) is 5.75 Å². The average molecular weight is 360 g/mol. The van der Waals surface area contributed by atoms with Gasteiger partial charge in [-0.2, -0.15) is 13.2 Å². The van der Waals surface area contributed by atoms with Crippen LogP contribution in [0.15, 0.2) is 12.4 Å². The second kappa shape index (κ2) is 6.66. The maximum atomic E-state index is 12.4. The molecule has 0 aliphatic carbocycles. The molecule has 1 aromatic rings. The Morgan fingerprint density at radius 1 is 1.32 bits per heavy atom. The minimum absolute atomic E-state index is 0.00995. The molecule has 3 heterocycles. The van der Waals surface area contributed by atoms with Crippen molar-refractivity contribution in [2.45, 2.75) is 32.4 Å². The largest absolute Gasteiger partial charge is 0.490 e. The van der Waals surface area contributed by atoms with Gasteiger partial charge in [0.15, 0.2) is 12.0 Å². The fourth-order valence-electron chi connectivity index (χ4n) is 3.15. The summed E-state index contributed by atoms with van der Waals surface area (Å²) in [4.78, 5) is 21.4. The zero-order valence-corrected chi connectivity index (χ0v) is 13.8. The van der Waals surface area contributed by atoms with Crippen LogP contribution in [-0.2, 0) is 9.53 Å². The summed E-state index contributed by atoms with van der Waals surface area (Å²) in [5, 5.41) is 2.83. The molecule has 1 aromatic heterocycles. The summed E-state index contributed by atoms with van der Waals surface area (Å²) in [5.74, 6) is -1.30. The molecule has 10 heteroatoms. The number of rotatable bonds is 4. The van der Waals surface area contributed by atoms with Gasteiger partial charge in [-0.3, -0.25) is 5.32 Å². The monoisotopic (exact) mass is 360 g/mol. The number of hydrogen-bond donors (Lipinski definition) is 1. The van der Waals surface area contributed by atoms with Gasteiger partial charge >= 0.3 is 12.1 Å². The van der Waals surface area contributed by atoms with E-state index < -0.39 is 18.4 Å². The molecule has 7 nitrogen and oxygen atoms in total. The molecule has 1 unspecified atom stereocenters. The Morgan fingerprint density at radius 2 is 2.00 bits per heavy atom. The summed E-state index contributed by atoms with van der Waals surface area (Å²) in [6.45, 7) is 5.27. The summed E-state index contributed by atoms with van der Waals surface area (Å²) in [5.41, 5.74) is 0. The number of nitrogens with one attached hydrogen (secondary N) is 1. The van der Waals surface area contributed by atoms with Crippen LogP contribution >= 0.6 is 0 Å². The van der Waals surface area contributed by atoms with E-state index in [0.717, 1.165) is 0 Å². The lowest BCUT2D eigenvalue weighted by Gasteiger charge is -2.21. The van der Waals surface area contributed by atoms with E-state index >= 15 is 0 Å². The standard InChI is InChI=1S/C15H19F3N4O3/c1-8(2)24-10-4-20-14(21-5-10)22-6-9-3-19-12(11(9)7-22)25-13(23)15(16,17)18/h4-5,8-9,11-12,19H,3,6-7H2,1-2H3/t9-,11+,12?/m0/s1. The Balaban J connectivity index is 1.62. The van der Waals surface area contributed by atoms with Crippen molar-refractivity contribution in [3.63, 3.8) is 0 Å². The fraction of sp³-hybridized carbons (Fsp3) is 0.667. The minimum atomic E-state index is -4.99. The molecular weight excluding hydrogens is 341 g/mol. The van der Waals surface area contributed by atoms with Gasteiger partial charge in [0, 0.05) is 25.6 Å². The summed E-state index contributed by atoms with van der Waals surface area (Å²) in [7, 11) is 0. The van der Waals surface area contributed by atoms with Crippen LogP contribution in [0.25, 0.3) is 0 Å². The Bertz CT molecular complexity index is 623. The lowest BCUT2D eigenvalue weighted by molar-refractivity contribution is -0.207. The molecular formula is C15H19F3N4O3. The first kappa shape index (κ1) is 17.7. The highest BCUT2D eigenvalue weighted by molar-refractivity contribution is 5.75. The molecule has 2 aliphatic rings. The van der Waals surface area contributed by atoms with Gasteiger partial charge in [-0.15, -0.1) is 0 Å². The van der Waals surface area contributed by atoms with Gasteiger partial charge < -0.3 is 14.4 Å². The van der Waals surface area contributed by atoms with Crippen molar-refractivity contribution in [2.75, 3.05) is 24.5 Å². The molecule has 2 fully saturated rings. The third-order valence-electron chi connectivity index (χ3n) is 4.20. The Labute approximate surface area is 142 Å². The van der Waals surface area contributed by atoms with E-state index in [0.29, 0.717) is 31.3 Å². The van der Waals surface area contributed by atoms with Gasteiger partial charge in [0.2, 0.25) is 5.95 Å². The molecule has 138 valence electrons.